The van der Waals surface area contributed by atoms with E-state index in [1.54, 1.807) is 0 Å². The number of primary amides is 1. The van der Waals surface area contributed by atoms with Gasteiger partial charge in [0.25, 0.3) is 0 Å². The lowest BCUT2D eigenvalue weighted by Gasteiger charge is -2.21. The van der Waals surface area contributed by atoms with Gasteiger partial charge in [-0.05, 0) is 17.7 Å². The number of hydrogen-bond acceptors (Lipinski definition) is 15. The maximum Gasteiger partial charge on any atom is 0.340 e. The van der Waals surface area contributed by atoms with Gasteiger partial charge in [0.2, 0.25) is 5.91 Å². The third kappa shape index (κ3) is 6.69. The monoisotopic (exact) mass is 660 g/mol. The molecule has 19 nitrogen and oxygen atoms in total. The van der Waals surface area contributed by atoms with Gasteiger partial charge in [-0.15, -0.1) is 0 Å². The number of benzene rings is 1. The van der Waals surface area contributed by atoms with Crippen LogP contribution in [0.15, 0.2) is 36.9 Å². The second kappa shape index (κ2) is 12.5. The van der Waals surface area contributed by atoms with Gasteiger partial charge in [0.1, 0.15) is 54.6 Å². The highest BCUT2D eigenvalue weighted by molar-refractivity contribution is 7.70. The zero-order chi connectivity index (χ0) is 32.0. The topological polar surface area (TPSA) is 305 Å². The molecule has 2 fully saturated rings. The zero-order valence-electron chi connectivity index (χ0n) is 22.6. The summed E-state index contributed by atoms with van der Waals surface area (Å²) in [7, 11) is -9.73. The molecular weight excluding hydrogens is 630 g/mol. The van der Waals surface area contributed by atoms with Crippen LogP contribution in [-0.4, -0.2) is 111 Å². The number of aromatic nitrogens is 4. The van der Waals surface area contributed by atoms with Crippen molar-refractivity contribution in [3.8, 4) is 0 Å². The zero-order valence-corrected chi connectivity index (χ0v) is 24.4. The van der Waals surface area contributed by atoms with E-state index < -0.39 is 89.2 Å². The summed E-state index contributed by atoms with van der Waals surface area (Å²) in [6.07, 6.45) is -8.86. The Bertz CT molecular complexity index is 1630. The molecule has 10 N–H and O–H groups in total. The average molecular weight is 660 g/mol. The number of ether oxygens (including phenoxy) is 2. The molecule has 44 heavy (non-hydrogen) atoms. The van der Waals surface area contributed by atoms with Crippen molar-refractivity contribution in [2.24, 2.45) is 5.73 Å². The molecule has 2 unspecified atom stereocenters. The number of amides is 1. The first kappa shape index (κ1) is 32.5. The molecule has 5 rings (SSSR count). The van der Waals surface area contributed by atoms with Gasteiger partial charge in [0.05, 0.1) is 19.5 Å². The first-order chi connectivity index (χ1) is 20.7. The normalized spacial score (nSPS) is 31.6. The molecule has 21 heteroatoms. The number of aliphatic hydroxyl groups excluding tert-OH is 4. The van der Waals surface area contributed by atoms with Crippen LogP contribution in [0.3, 0.4) is 0 Å². The minimum atomic E-state index is -4.87. The molecule has 240 valence electrons. The molecule has 4 heterocycles. The highest BCUT2D eigenvalue weighted by Crippen LogP contribution is 2.58. The molecule has 2 aliphatic heterocycles. The van der Waals surface area contributed by atoms with Gasteiger partial charge < -0.3 is 60.2 Å². The van der Waals surface area contributed by atoms with E-state index in [0.29, 0.717) is 5.56 Å². The molecule has 0 aliphatic carbocycles. The fraction of sp³-hybridized carbons (Fsp3) is 0.478. The summed E-state index contributed by atoms with van der Waals surface area (Å²) in [5.41, 5.74) is 11.9. The number of nitrogens with zero attached hydrogens (tertiary/aromatic N) is 4. The number of hydrogen-bond donors (Lipinski definition) is 8. The van der Waals surface area contributed by atoms with Crippen molar-refractivity contribution < 1.29 is 62.7 Å². The number of rotatable bonds is 11. The van der Waals surface area contributed by atoms with Crippen molar-refractivity contribution in [2.45, 2.75) is 49.0 Å². The minimum absolute atomic E-state index is 0.0681. The van der Waals surface area contributed by atoms with Crippen LogP contribution in [-0.2, 0) is 27.7 Å². The van der Waals surface area contributed by atoms with E-state index in [2.05, 4.69) is 15.0 Å². The third-order valence-corrected chi connectivity index (χ3v) is 11.1. The van der Waals surface area contributed by atoms with Gasteiger partial charge in [-0.1, -0.05) is 12.1 Å². The summed E-state index contributed by atoms with van der Waals surface area (Å²) >= 11 is 0. The summed E-state index contributed by atoms with van der Waals surface area (Å²) in [4.78, 5) is 43.8. The number of fused-ring (bicyclic) bond motifs is 1. The number of carbonyl (C=O) groups excluding carboxylic acids is 1. The number of imidazole rings is 1. The Balaban J connectivity index is 1.16. The minimum Gasteiger partial charge on any atom is -0.387 e. The Hall–Kier alpha value is -2.90. The van der Waals surface area contributed by atoms with Crippen molar-refractivity contribution in [3.63, 3.8) is 0 Å². The summed E-state index contributed by atoms with van der Waals surface area (Å²) in [6.45, 7) is -1.53. The summed E-state index contributed by atoms with van der Waals surface area (Å²) in [6, 6.07) is 5.80. The maximum atomic E-state index is 12.7. The second-order valence-corrected chi connectivity index (χ2v) is 14.4. The smallest absolute Gasteiger partial charge is 0.340 e. The maximum absolute atomic E-state index is 12.7. The fourth-order valence-corrected chi connectivity index (χ4v) is 8.09. The van der Waals surface area contributed by atoms with Crippen LogP contribution in [0.25, 0.3) is 11.2 Å². The van der Waals surface area contributed by atoms with Gasteiger partial charge >= 0.3 is 15.2 Å². The quantitative estimate of drug-likeness (QED) is 0.107. The van der Waals surface area contributed by atoms with Crippen molar-refractivity contribution >= 4 is 38.1 Å². The summed E-state index contributed by atoms with van der Waals surface area (Å²) < 4.78 is 47.6. The Kier molecular flexibility index (Phi) is 9.21. The lowest BCUT2D eigenvalue weighted by atomic mass is 10.00. The molecule has 1 aromatic carbocycles. The molecule has 2 aromatic heterocycles. The van der Waals surface area contributed by atoms with Crippen LogP contribution in [0.5, 0.6) is 0 Å². The van der Waals surface area contributed by atoms with Crippen LogP contribution >= 0.6 is 15.2 Å². The number of carbonyl (C=O) groups is 1. The van der Waals surface area contributed by atoms with Gasteiger partial charge in [0, 0.05) is 5.56 Å². The summed E-state index contributed by atoms with van der Waals surface area (Å²) in [5.74, 6) is -2.04. The first-order valence-electron chi connectivity index (χ1n) is 13.0. The van der Waals surface area contributed by atoms with E-state index in [0.717, 1.165) is 6.33 Å². The van der Waals surface area contributed by atoms with Crippen LogP contribution in [0.1, 0.15) is 28.3 Å². The average Bonchev–Trinajstić information content (AvgIpc) is 3.61. The highest BCUT2D eigenvalue weighted by atomic mass is 31.2. The Labute approximate surface area is 248 Å². The van der Waals surface area contributed by atoms with Gasteiger partial charge in [-0.2, -0.15) is 0 Å². The fourth-order valence-electron chi connectivity index (χ4n) is 4.87. The van der Waals surface area contributed by atoms with Crippen molar-refractivity contribution in [1.82, 2.24) is 19.5 Å². The molecule has 0 saturated carbocycles. The van der Waals surface area contributed by atoms with Crippen molar-refractivity contribution in [2.75, 3.05) is 24.9 Å². The predicted molar refractivity (Wildman–Crippen MR) is 147 cm³/mol. The molecule has 1 amide bonds. The Morgan fingerprint density at radius 3 is 2.23 bits per heavy atom. The van der Waals surface area contributed by atoms with Crippen LogP contribution in [0.2, 0.25) is 0 Å². The van der Waals surface area contributed by atoms with E-state index in [4.69, 9.17) is 30.0 Å². The third-order valence-electron chi connectivity index (χ3n) is 7.10. The standard InChI is InChI=1S/C23H30N6O13P2/c24-20-14-22(27-7-26-20)29(8-28-14)23-18(33)16(31)13(42-23)6-40-44(37,38)9-43(35,36)39-5-12-15(30)17(32)19(41-12)10-2-1-3-11(4-10)21(25)34/h1-4,7-8,12-13,15-19,23,30-33H,5-6,9H2,(H2,25,34)(H,35,36)(H,37,38)(H2,24,26,27)/t12-,13-,15-,16-,17-,18-,19-,23-/m1/s1. The molecule has 2 aliphatic rings. The lowest BCUT2D eigenvalue weighted by molar-refractivity contribution is -0.0484. The van der Waals surface area contributed by atoms with Gasteiger partial charge in [0.15, 0.2) is 23.6 Å². The first-order valence-corrected chi connectivity index (χ1v) is 16.5. The Morgan fingerprint density at radius 2 is 1.57 bits per heavy atom. The van der Waals surface area contributed by atoms with Crippen LogP contribution in [0.4, 0.5) is 5.82 Å². The van der Waals surface area contributed by atoms with Crippen molar-refractivity contribution in [3.05, 3.63) is 48.0 Å². The highest BCUT2D eigenvalue weighted by Gasteiger charge is 2.47. The number of nitrogens with two attached hydrogens (primary N) is 2. The molecule has 0 spiro atoms. The molecular formula is C23H30N6O13P2. The van der Waals surface area contributed by atoms with E-state index in [1.165, 1.54) is 35.2 Å². The van der Waals surface area contributed by atoms with E-state index in [1.807, 2.05) is 0 Å². The van der Waals surface area contributed by atoms with Crippen LogP contribution in [0, 0.1) is 0 Å². The molecule has 2 saturated heterocycles. The van der Waals surface area contributed by atoms with Gasteiger partial charge in [-0.25, -0.2) is 15.0 Å². The van der Waals surface area contributed by atoms with Crippen molar-refractivity contribution in [1.29, 1.82) is 0 Å². The SMILES string of the molecule is NC(=O)c1cccc([C@H]2O[C@H](COP(=O)(O)CP(=O)(O)OC[C@H]3O[C@@H](n4cnc5c(N)ncnc54)[C@H](O)[C@@H]3O)[C@@H](O)[C@H]2O)c1. The number of nitrogen functional groups attached to an aromatic ring is 1. The van der Waals surface area contributed by atoms with E-state index in [-0.39, 0.29) is 22.5 Å². The van der Waals surface area contributed by atoms with Crippen LogP contribution < -0.4 is 11.5 Å². The molecule has 10 atom stereocenters. The number of aliphatic hydroxyl groups is 4. The van der Waals surface area contributed by atoms with E-state index >= 15 is 0 Å². The predicted octanol–water partition coefficient (Wildman–Crippen LogP) is -1.65. The molecule has 3 aromatic rings. The second-order valence-electron chi connectivity index (χ2n) is 10.2. The largest absolute Gasteiger partial charge is 0.387 e. The Morgan fingerprint density at radius 1 is 0.932 bits per heavy atom. The number of anilines is 1. The van der Waals surface area contributed by atoms with Gasteiger partial charge in [-0.3, -0.25) is 18.5 Å². The van der Waals surface area contributed by atoms with E-state index in [9.17, 15) is 44.1 Å². The molecule has 0 bridgehead atoms. The summed E-state index contributed by atoms with van der Waals surface area (Å²) in [5, 5.41) is 41.8. The molecule has 0 radical (unpaired) electrons. The lowest BCUT2D eigenvalue weighted by Crippen LogP contribution is -2.33.